The molecule has 0 unspecified atom stereocenters. The molecule has 1 aromatic carbocycles. The van der Waals surface area contributed by atoms with E-state index in [0.29, 0.717) is 5.92 Å². The standard InChI is InChI=1S/C20H29N3/c1-4-16-13-12-15(3)18(14-16)19-20(23(5-2)22-21-19)17-10-8-6-7-9-11-17/h12-14,17H,4-11H2,1-3H3. The summed E-state index contributed by atoms with van der Waals surface area (Å²) in [5, 5.41) is 9.09. The zero-order valence-electron chi connectivity index (χ0n) is 14.8. The maximum absolute atomic E-state index is 4.61. The van der Waals surface area contributed by atoms with Gasteiger partial charge in [-0.1, -0.05) is 50.0 Å². The molecule has 0 aliphatic heterocycles. The van der Waals surface area contributed by atoms with Gasteiger partial charge in [-0.2, -0.15) is 0 Å². The molecule has 0 amide bonds. The molecule has 124 valence electrons. The van der Waals surface area contributed by atoms with E-state index in [9.17, 15) is 0 Å². The molecule has 1 aliphatic rings. The molecule has 0 N–H and O–H groups in total. The largest absolute Gasteiger partial charge is 0.249 e. The third kappa shape index (κ3) is 3.34. The van der Waals surface area contributed by atoms with Gasteiger partial charge in [-0.15, -0.1) is 5.10 Å². The topological polar surface area (TPSA) is 30.7 Å². The second kappa shape index (κ2) is 7.29. The van der Waals surface area contributed by atoms with Crippen LogP contribution < -0.4 is 0 Å². The predicted molar refractivity (Wildman–Crippen MR) is 95.7 cm³/mol. The lowest BCUT2D eigenvalue weighted by atomic mass is 9.91. The molecule has 3 heteroatoms. The van der Waals surface area contributed by atoms with Crippen LogP contribution in [-0.2, 0) is 13.0 Å². The Morgan fingerprint density at radius 1 is 1.09 bits per heavy atom. The normalized spacial score (nSPS) is 16.5. The molecule has 1 fully saturated rings. The Labute approximate surface area is 140 Å². The second-order valence-electron chi connectivity index (χ2n) is 6.83. The van der Waals surface area contributed by atoms with Gasteiger partial charge in [0, 0.05) is 18.0 Å². The van der Waals surface area contributed by atoms with E-state index in [4.69, 9.17) is 0 Å². The molecular formula is C20H29N3. The van der Waals surface area contributed by atoms with Crippen molar-refractivity contribution in [2.45, 2.75) is 78.2 Å². The van der Waals surface area contributed by atoms with Crippen LogP contribution in [0.1, 0.15) is 75.1 Å². The minimum Gasteiger partial charge on any atom is -0.249 e. The Kier molecular flexibility index (Phi) is 5.14. The third-order valence-electron chi connectivity index (χ3n) is 5.28. The first-order valence-electron chi connectivity index (χ1n) is 9.27. The lowest BCUT2D eigenvalue weighted by Gasteiger charge is -2.17. The number of benzene rings is 1. The number of hydrogen-bond donors (Lipinski definition) is 0. The van der Waals surface area contributed by atoms with Gasteiger partial charge in [0.25, 0.3) is 0 Å². The van der Waals surface area contributed by atoms with Crippen LogP contribution in [0.15, 0.2) is 18.2 Å². The van der Waals surface area contributed by atoms with Crippen LogP contribution in [0.4, 0.5) is 0 Å². The van der Waals surface area contributed by atoms with E-state index >= 15 is 0 Å². The van der Waals surface area contributed by atoms with E-state index in [1.807, 2.05) is 0 Å². The molecule has 1 saturated carbocycles. The molecular weight excluding hydrogens is 282 g/mol. The Balaban J connectivity index is 2.07. The number of aromatic nitrogens is 3. The number of rotatable bonds is 4. The second-order valence-corrected chi connectivity index (χ2v) is 6.83. The summed E-state index contributed by atoms with van der Waals surface area (Å²) >= 11 is 0. The van der Waals surface area contributed by atoms with E-state index in [1.165, 1.54) is 60.9 Å². The van der Waals surface area contributed by atoms with Crippen LogP contribution in [0.2, 0.25) is 0 Å². The van der Waals surface area contributed by atoms with Crippen LogP contribution in [0.5, 0.6) is 0 Å². The molecule has 1 heterocycles. The van der Waals surface area contributed by atoms with Crippen molar-refractivity contribution < 1.29 is 0 Å². The summed E-state index contributed by atoms with van der Waals surface area (Å²) in [6.07, 6.45) is 9.07. The highest BCUT2D eigenvalue weighted by atomic mass is 15.4. The van der Waals surface area contributed by atoms with Crippen molar-refractivity contribution in [1.29, 1.82) is 0 Å². The summed E-state index contributed by atoms with van der Waals surface area (Å²) in [7, 11) is 0. The van der Waals surface area contributed by atoms with Crippen molar-refractivity contribution in [3.8, 4) is 11.3 Å². The van der Waals surface area contributed by atoms with Crippen molar-refractivity contribution in [2.75, 3.05) is 0 Å². The monoisotopic (exact) mass is 311 g/mol. The average Bonchev–Trinajstić information content (AvgIpc) is 2.81. The zero-order valence-corrected chi connectivity index (χ0v) is 14.8. The van der Waals surface area contributed by atoms with Gasteiger partial charge in [-0.05, 0) is 50.3 Å². The summed E-state index contributed by atoms with van der Waals surface area (Å²) in [6.45, 7) is 7.49. The van der Waals surface area contributed by atoms with E-state index < -0.39 is 0 Å². The summed E-state index contributed by atoms with van der Waals surface area (Å²) in [4.78, 5) is 0. The first-order chi connectivity index (χ1) is 11.2. The first-order valence-corrected chi connectivity index (χ1v) is 9.27. The molecule has 0 atom stereocenters. The molecule has 3 rings (SSSR count). The highest BCUT2D eigenvalue weighted by Gasteiger charge is 2.24. The molecule has 0 radical (unpaired) electrons. The Morgan fingerprint density at radius 3 is 2.48 bits per heavy atom. The van der Waals surface area contributed by atoms with Gasteiger partial charge in [0.1, 0.15) is 5.69 Å². The molecule has 1 aliphatic carbocycles. The molecule has 0 bridgehead atoms. The Bertz CT molecular complexity index is 649. The van der Waals surface area contributed by atoms with E-state index in [0.717, 1.165) is 18.7 Å². The lowest BCUT2D eigenvalue weighted by molar-refractivity contribution is 0.513. The Morgan fingerprint density at radius 2 is 1.83 bits per heavy atom. The Hall–Kier alpha value is -1.64. The molecule has 23 heavy (non-hydrogen) atoms. The van der Waals surface area contributed by atoms with Gasteiger partial charge < -0.3 is 0 Å². The van der Waals surface area contributed by atoms with Crippen LogP contribution in [0, 0.1) is 6.92 Å². The van der Waals surface area contributed by atoms with Crippen LogP contribution in [-0.4, -0.2) is 15.0 Å². The highest BCUT2D eigenvalue weighted by Crippen LogP contribution is 2.37. The molecule has 0 saturated heterocycles. The average molecular weight is 311 g/mol. The fourth-order valence-corrected chi connectivity index (χ4v) is 3.85. The van der Waals surface area contributed by atoms with Gasteiger partial charge in [0.2, 0.25) is 0 Å². The van der Waals surface area contributed by atoms with Crippen molar-refractivity contribution in [3.63, 3.8) is 0 Å². The first kappa shape index (κ1) is 16.2. The summed E-state index contributed by atoms with van der Waals surface area (Å²) in [6, 6.07) is 6.78. The van der Waals surface area contributed by atoms with Crippen molar-refractivity contribution in [2.24, 2.45) is 0 Å². The van der Waals surface area contributed by atoms with E-state index in [-0.39, 0.29) is 0 Å². The highest BCUT2D eigenvalue weighted by molar-refractivity contribution is 5.67. The predicted octanol–water partition coefficient (Wildman–Crippen LogP) is 5.27. The van der Waals surface area contributed by atoms with Crippen molar-refractivity contribution in [3.05, 3.63) is 35.0 Å². The fourth-order valence-electron chi connectivity index (χ4n) is 3.85. The van der Waals surface area contributed by atoms with Gasteiger partial charge >= 0.3 is 0 Å². The van der Waals surface area contributed by atoms with Gasteiger partial charge in [-0.3, -0.25) is 0 Å². The van der Waals surface area contributed by atoms with Crippen LogP contribution in [0.25, 0.3) is 11.3 Å². The minimum absolute atomic E-state index is 0.618. The number of hydrogen-bond acceptors (Lipinski definition) is 2. The fraction of sp³-hybridized carbons (Fsp3) is 0.600. The maximum atomic E-state index is 4.61. The zero-order chi connectivity index (χ0) is 16.2. The molecule has 0 spiro atoms. The third-order valence-corrected chi connectivity index (χ3v) is 5.28. The quantitative estimate of drug-likeness (QED) is 0.720. The van der Waals surface area contributed by atoms with E-state index in [1.54, 1.807) is 0 Å². The maximum Gasteiger partial charge on any atom is 0.116 e. The molecule has 2 aromatic rings. The van der Waals surface area contributed by atoms with E-state index in [2.05, 4.69) is 54.0 Å². The number of aryl methyl sites for hydroxylation is 3. The van der Waals surface area contributed by atoms with Gasteiger partial charge in [-0.25, -0.2) is 4.68 Å². The van der Waals surface area contributed by atoms with Gasteiger partial charge in [0.05, 0.1) is 5.69 Å². The van der Waals surface area contributed by atoms with Crippen molar-refractivity contribution in [1.82, 2.24) is 15.0 Å². The summed E-state index contributed by atoms with van der Waals surface area (Å²) < 4.78 is 2.14. The summed E-state index contributed by atoms with van der Waals surface area (Å²) in [5.41, 5.74) is 6.48. The van der Waals surface area contributed by atoms with Crippen LogP contribution >= 0.6 is 0 Å². The minimum atomic E-state index is 0.618. The molecule has 3 nitrogen and oxygen atoms in total. The molecule has 1 aromatic heterocycles. The summed E-state index contributed by atoms with van der Waals surface area (Å²) in [5.74, 6) is 0.618. The lowest BCUT2D eigenvalue weighted by Crippen LogP contribution is -2.09. The smallest absolute Gasteiger partial charge is 0.116 e. The van der Waals surface area contributed by atoms with Crippen molar-refractivity contribution >= 4 is 0 Å². The number of nitrogens with zero attached hydrogens (tertiary/aromatic N) is 3. The van der Waals surface area contributed by atoms with Crippen LogP contribution in [0.3, 0.4) is 0 Å². The SMILES string of the molecule is CCc1ccc(C)c(-c2nnn(CC)c2C2CCCCCC2)c1. The van der Waals surface area contributed by atoms with Gasteiger partial charge in [0.15, 0.2) is 0 Å².